The van der Waals surface area contributed by atoms with Crippen molar-refractivity contribution in [2.24, 2.45) is 5.41 Å². The number of carbonyl (C=O) groups excluding carboxylic acids is 1. The molecule has 0 atom stereocenters. The molecule has 25 heavy (non-hydrogen) atoms. The van der Waals surface area contributed by atoms with Gasteiger partial charge in [0.25, 0.3) is 0 Å². The molecule has 4 nitrogen and oxygen atoms in total. The van der Waals surface area contributed by atoms with E-state index in [9.17, 15) is 4.79 Å². The van der Waals surface area contributed by atoms with E-state index in [0.29, 0.717) is 0 Å². The van der Waals surface area contributed by atoms with Gasteiger partial charge in [-0.1, -0.05) is 40.0 Å². The Balaban J connectivity index is 1.52. The molecule has 0 bridgehead atoms. The lowest BCUT2D eigenvalue weighted by Gasteiger charge is -2.41. The van der Waals surface area contributed by atoms with E-state index in [1.54, 1.807) is 0 Å². The van der Waals surface area contributed by atoms with Gasteiger partial charge in [0.05, 0.1) is 0 Å². The number of hydrogen-bond acceptors (Lipinski definition) is 3. The molecule has 1 saturated carbocycles. The van der Waals surface area contributed by atoms with Crippen molar-refractivity contribution in [1.82, 2.24) is 4.90 Å². The minimum absolute atomic E-state index is 0.0568. The van der Waals surface area contributed by atoms with Crippen LogP contribution in [0.4, 0.5) is 11.4 Å². The lowest BCUT2D eigenvalue weighted by atomic mass is 9.94. The third-order valence-electron chi connectivity index (χ3n) is 5.58. The number of nitrogens with one attached hydrogen (secondary N) is 1. The van der Waals surface area contributed by atoms with Crippen molar-refractivity contribution in [3.05, 3.63) is 24.3 Å². The Morgan fingerprint density at radius 1 is 0.960 bits per heavy atom. The van der Waals surface area contributed by atoms with Crippen LogP contribution < -0.4 is 10.2 Å². The van der Waals surface area contributed by atoms with Crippen LogP contribution in [0.5, 0.6) is 0 Å². The normalized spacial score (nSPS) is 20.5. The maximum absolute atomic E-state index is 12.1. The van der Waals surface area contributed by atoms with Gasteiger partial charge in [0.1, 0.15) is 0 Å². The average molecular weight is 344 g/mol. The first kappa shape index (κ1) is 18.2. The SMILES string of the molecule is CC(C)(C)C(=O)Nc1ccc(N2CCN(C3CCCCC3)CC2)cc1. The Morgan fingerprint density at radius 2 is 1.56 bits per heavy atom. The number of piperazine rings is 1. The van der Waals surface area contributed by atoms with Crippen LogP contribution in [0.1, 0.15) is 52.9 Å². The van der Waals surface area contributed by atoms with Crippen molar-refractivity contribution in [2.75, 3.05) is 36.4 Å². The summed E-state index contributed by atoms with van der Waals surface area (Å²) in [5.74, 6) is 0.0568. The number of hydrogen-bond donors (Lipinski definition) is 1. The second kappa shape index (κ2) is 7.77. The summed E-state index contributed by atoms with van der Waals surface area (Å²) in [6, 6.07) is 9.13. The van der Waals surface area contributed by atoms with Crippen molar-refractivity contribution < 1.29 is 4.79 Å². The van der Waals surface area contributed by atoms with Crippen LogP contribution in [0.25, 0.3) is 0 Å². The molecule has 1 aliphatic heterocycles. The average Bonchev–Trinajstić information content (AvgIpc) is 2.62. The summed E-state index contributed by atoms with van der Waals surface area (Å²) in [6.45, 7) is 10.3. The Morgan fingerprint density at radius 3 is 2.12 bits per heavy atom. The maximum Gasteiger partial charge on any atom is 0.229 e. The predicted octanol–water partition coefficient (Wildman–Crippen LogP) is 4.13. The zero-order chi connectivity index (χ0) is 17.9. The zero-order valence-electron chi connectivity index (χ0n) is 16.1. The van der Waals surface area contributed by atoms with Gasteiger partial charge in [-0.2, -0.15) is 0 Å². The van der Waals surface area contributed by atoms with Crippen LogP contribution in [0.2, 0.25) is 0 Å². The predicted molar refractivity (Wildman–Crippen MR) is 105 cm³/mol. The fraction of sp³-hybridized carbons (Fsp3) is 0.667. The van der Waals surface area contributed by atoms with Gasteiger partial charge in [0.2, 0.25) is 5.91 Å². The van der Waals surface area contributed by atoms with E-state index in [-0.39, 0.29) is 11.3 Å². The molecule has 1 aromatic carbocycles. The molecule has 1 aromatic rings. The minimum atomic E-state index is -0.367. The number of nitrogens with zero attached hydrogens (tertiary/aromatic N) is 2. The smallest absolute Gasteiger partial charge is 0.229 e. The Labute approximate surface area is 152 Å². The van der Waals surface area contributed by atoms with Crippen LogP contribution in [-0.4, -0.2) is 43.0 Å². The first-order chi connectivity index (χ1) is 11.9. The van der Waals surface area contributed by atoms with Gasteiger partial charge in [-0.15, -0.1) is 0 Å². The molecule has 4 heteroatoms. The molecule has 1 aliphatic carbocycles. The monoisotopic (exact) mass is 343 g/mol. The summed E-state index contributed by atoms with van der Waals surface area (Å²) in [4.78, 5) is 17.2. The van der Waals surface area contributed by atoms with Gasteiger partial charge in [-0.25, -0.2) is 0 Å². The largest absolute Gasteiger partial charge is 0.369 e. The van der Waals surface area contributed by atoms with Crippen molar-refractivity contribution >= 4 is 17.3 Å². The molecule has 1 saturated heterocycles. The molecular formula is C21H33N3O. The van der Waals surface area contributed by atoms with Crippen LogP contribution in [0.3, 0.4) is 0 Å². The van der Waals surface area contributed by atoms with E-state index in [2.05, 4.69) is 27.2 Å². The molecule has 2 aliphatic rings. The summed E-state index contributed by atoms with van der Waals surface area (Å²) < 4.78 is 0. The lowest BCUT2D eigenvalue weighted by molar-refractivity contribution is -0.123. The summed E-state index contributed by atoms with van der Waals surface area (Å²) in [5.41, 5.74) is 1.77. The molecular weight excluding hydrogens is 310 g/mol. The topological polar surface area (TPSA) is 35.6 Å². The first-order valence-corrected chi connectivity index (χ1v) is 9.84. The fourth-order valence-electron chi connectivity index (χ4n) is 3.87. The number of anilines is 2. The summed E-state index contributed by atoms with van der Waals surface area (Å²) in [7, 11) is 0. The summed E-state index contributed by atoms with van der Waals surface area (Å²) in [5, 5.41) is 3.00. The lowest BCUT2D eigenvalue weighted by Crippen LogP contribution is -2.50. The molecule has 3 rings (SSSR count). The van der Waals surface area contributed by atoms with Crippen LogP contribution in [0, 0.1) is 5.41 Å². The third kappa shape index (κ3) is 4.75. The van der Waals surface area contributed by atoms with E-state index >= 15 is 0 Å². The molecule has 0 unspecified atom stereocenters. The van der Waals surface area contributed by atoms with E-state index in [0.717, 1.165) is 24.8 Å². The minimum Gasteiger partial charge on any atom is -0.369 e. The molecule has 1 heterocycles. The van der Waals surface area contributed by atoms with Crippen molar-refractivity contribution in [1.29, 1.82) is 0 Å². The van der Waals surface area contributed by atoms with Crippen molar-refractivity contribution in [3.8, 4) is 0 Å². The van der Waals surface area contributed by atoms with Crippen molar-refractivity contribution in [3.63, 3.8) is 0 Å². The van der Waals surface area contributed by atoms with Gasteiger partial charge in [-0.05, 0) is 37.1 Å². The summed E-state index contributed by atoms with van der Waals surface area (Å²) >= 11 is 0. The van der Waals surface area contributed by atoms with E-state index < -0.39 is 0 Å². The number of rotatable bonds is 3. The van der Waals surface area contributed by atoms with Gasteiger partial charge < -0.3 is 10.2 Å². The number of amides is 1. The van der Waals surface area contributed by atoms with Crippen LogP contribution in [-0.2, 0) is 4.79 Å². The maximum atomic E-state index is 12.1. The first-order valence-electron chi connectivity index (χ1n) is 9.84. The highest BCUT2D eigenvalue weighted by atomic mass is 16.2. The molecule has 0 spiro atoms. The second-order valence-corrected chi connectivity index (χ2v) is 8.57. The van der Waals surface area contributed by atoms with E-state index in [4.69, 9.17) is 0 Å². The van der Waals surface area contributed by atoms with Crippen LogP contribution in [0.15, 0.2) is 24.3 Å². The Kier molecular flexibility index (Phi) is 5.67. The van der Waals surface area contributed by atoms with E-state index in [1.165, 1.54) is 50.9 Å². The fourth-order valence-corrected chi connectivity index (χ4v) is 3.87. The molecule has 0 radical (unpaired) electrons. The number of benzene rings is 1. The highest BCUT2D eigenvalue weighted by Crippen LogP contribution is 2.26. The van der Waals surface area contributed by atoms with Crippen molar-refractivity contribution in [2.45, 2.75) is 58.9 Å². The van der Waals surface area contributed by atoms with Gasteiger partial charge in [0, 0.05) is 49.0 Å². The second-order valence-electron chi connectivity index (χ2n) is 8.57. The molecule has 138 valence electrons. The quantitative estimate of drug-likeness (QED) is 0.896. The van der Waals surface area contributed by atoms with Gasteiger partial charge in [0.15, 0.2) is 0 Å². The Hall–Kier alpha value is -1.55. The zero-order valence-corrected chi connectivity index (χ0v) is 16.1. The molecule has 1 amide bonds. The highest BCUT2D eigenvalue weighted by molar-refractivity contribution is 5.94. The molecule has 1 N–H and O–H groups in total. The standard InChI is InChI=1S/C21H33N3O/c1-21(2,3)20(25)22-17-9-11-19(12-10-17)24-15-13-23(14-16-24)18-7-5-4-6-8-18/h9-12,18H,4-8,13-16H2,1-3H3,(H,22,25). The molecule has 0 aromatic heterocycles. The summed E-state index contributed by atoms with van der Waals surface area (Å²) in [6.07, 6.45) is 7.03. The van der Waals surface area contributed by atoms with Gasteiger partial charge in [-0.3, -0.25) is 9.69 Å². The Bertz CT molecular complexity index is 562. The third-order valence-corrected chi connectivity index (χ3v) is 5.58. The number of carbonyl (C=O) groups is 1. The highest BCUT2D eigenvalue weighted by Gasteiger charge is 2.25. The van der Waals surface area contributed by atoms with Crippen LogP contribution >= 0.6 is 0 Å². The van der Waals surface area contributed by atoms with Gasteiger partial charge >= 0.3 is 0 Å². The van der Waals surface area contributed by atoms with E-state index in [1.807, 2.05) is 32.9 Å². The molecule has 2 fully saturated rings.